The van der Waals surface area contributed by atoms with Crippen LogP contribution in [0.1, 0.15) is 6.42 Å². The summed E-state index contributed by atoms with van der Waals surface area (Å²) in [5, 5.41) is 3.30. The molecule has 6 nitrogen and oxygen atoms in total. The van der Waals surface area contributed by atoms with E-state index >= 15 is 0 Å². The summed E-state index contributed by atoms with van der Waals surface area (Å²) in [6, 6.07) is 2.98. The number of hydrogen-bond donors (Lipinski definition) is 1. The van der Waals surface area contributed by atoms with Crippen molar-refractivity contribution in [2.45, 2.75) is 10.6 Å². The molecule has 0 radical (unpaired) electrons. The first-order valence-corrected chi connectivity index (χ1v) is 7.00. The molecular weight excluding hydrogens is 272 g/mol. The summed E-state index contributed by atoms with van der Waals surface area (Å²) in [6.07, 6.45) is 0.461. The number of rotatable bonds is 6. The molecule has 0 bridgehead atoms. The van der Waals surface area contributed by atoms with Gasteiger partial charge in [0.1, 0.15) is 4.21 Å². The van der Waals surface area contributed by atoms with E-state index in [4.69, 9.17) is 17.1 Å². The Morgan fingerprint density at radius 2 is 2.31 bits per heavy atom. The van der Waals surface area contributed by atoms with Crippen molar-refractivity contribution in [2.75, 3.05) is 13.1 Å². The highest BCUT2D eigenvalue weighted by Gasteiger charge is 2.15. The van der Waals surface area contributed by atoms with Gasteiger partial charge in [0.25, 0.3) is 0 Å². The molecule has 9 heteroatoms. The lowest BCUT2D eigenvalue weighted by atomic mass is 10.4. The van der Waals surface area contributed by atoms with Gasteiger partial charge in [-0.25, -0.2) is 13.1 Å². The summed E-state index contributed by atoms with van der Waals surface area (Å²) >= 11 is 6.64. The molecule has 1 aromatic rings. The average molecular weight is 281 g/mol. The number of nitrogens with zero attached hydrogens (tertiary/aromatic N) is 3. The Labute approximate surface area is 102 Å². The summed E-state index contributed by atoms with van der Waals surface area (Å²) in [4.78, 5) is 2.56. The van der Waals surface area contributed by atoms with E-state index in [-0.39, 0.29) is 17.3 Å². The zero-order chi connectivity index (χ0) is 12.0. The van der Waals surface area contributed by atoms with Crippen molar-refractivity contribution in [3.05, 3.63) is 26.9 Å². The average Bonchev–Trinajstić information content (AvgIpc) is 2.65. The minimum Gasteiger partial charge on any atom is -0.210 e. The predicted octanol–water partition coefficient (Wildman–Crippen LogP) is 2.38. The van der Waals surface area contributed by atoms with E-state index in [1.165, 1.54) is 12.1 Å². The van der Waals surface area contributed by atoms with Gasteiger partial charge < -0.3 is 0 Å². The van der Waals surface area contributed by atoms with Gasteiger partial charge in [-0.15, -0.1) is 11.3 Å². The van der Waals surface area contributed by atoms with Gasteiger partial charge in [-0.05, 0) is 24.1 Å². The van der Waals surface area contributed by atoms with Gasteiger partial charge in [-0.3, -0.25) is 0 Å². The Morgan fingerprint density at radius 3 is 2.88 bits per heavy atom. The van der Waals surface area contributed by atoms with E-state index < -0.39 is 10.0 Å². The van der Waals surface area contributed by atoms with Gasteiger partial charge in [0.15, 0.2) is 0 Å². The van der Waals surface area contributed by atoms with Gasteiger partial charge in [0.2, 0.25) is 10.0 Å². The number of halogens is 1. The standard InChI is InChI=1S/C7H9ClN4O2S2/c8-6-2-3-7(15-6)16(13,14)11-5-1-4-10-12-9/h2-3,11H,1,4-5H2. The molecule has 0 aliphatic carbocycles. The van der Waals surface area contributed by atoms with Crippen molar-refractivity contribution in [1.82, 2.24) is 4.72 Å². The van der Waals surface area contributed by atoms with Crippen LogP contribution >= 0.6 is 22.9 Å². The highest BCUT2D eigenvalue weighted by Crippen LogP contribution is 2.25. The maximum atomic E-state index is 11.6. The van der Waals surface area contributed by atoms with Crippen LogP contribution in [0.4, 0.5) is 0 Å². The minimum absolute atomic E-state index is 0.182. The molecule has 16 heavy (non-hydrogen) atoms. The summed E-state index contributed by atoms with van der Waals surface area (Å²) in [7, 11) is -3.48. The van der Waals surface area contributed by atoms with Crippen LogP contribution in [0.15, 0.2) is 21.5 Å². The second-order valence-corrected chi connectivity index (χ2v) is 6.47. The summed E-state index contributed by atoms with van der Waals surface area (Å²) in [5.41, 5.74) is 8.01. The fourth-order valence-corrected chi connectivity index (χ4v) is 3.52. The van der Waals surface area contributed by atoms with E-state index in [1.807, 2.05) is 0 Å². The topological polar surface area (TPSA) is 94.9 Å². The van der Waals surface area contributed by atoms with Gasteiger partial charge in [-0.1, -0.05) is 16.7 Å². The van der Waals surface area contributed by atoms with Gasteiger partial charge >= 0.3 is 0 Å². The van der Waals surface area contributed by atoms with Crippen LogP contribution in [0.3, 0.4) is 0 Å². The SMILES string of the molecule is [N-]=[N+]=NCCCNS(=O)(=O)c1ccc(Cl)s1. The lowest BCUT2D eigenvalue weighted by Crippen LogP contribution is -2.24. The van der Waals surface area contributed by atoms with Crippen LogP contribution in [-0.4, -0.2) is 21.5 Å². The molecule has 0 saturated heterocycles. The zero-order valence-corrected chi connectivity index (χ0v) is 10.5. The van der Waals surface area contributed by atoms with Crippen LogP contribution in [0.2, 0.25) is 4.34 Å². The van der Waals surface area contributed by atoms with Crippen LogP contribution in [0.25, 0.3) is 10.4 Å². The Hall–Kier alpha value is -0.790. The van der Waals surface area contributed by atoms with Crippen molar-refractivity contribution in [2.24, 2.45) is 5.11 Å². The van der Waals surface area contributed by atoms with Crippen molar-refractivity contribution >= 4 is 33.0 Å². The molecule has 1 aromatic heterocycles. The Balaban J connectivity index is 2.50. The molecule has 1 rings (SSSR count). The first-order chi connectivity index (χ1) is 7.56. The van der Waals surface area contributed by atoms with Gasteiger partial charge in [0.05, 0.1) is 4.34 Å². The van der Waals surface area contributed by atoms with Crippen molar-refractivity contribution in [3.63, 3.8) is 0 Å². The molecule has 0 atom stereocenters. The second-order valence-electron chi connectivity index (χ2n) is 2.76. The third-order valence-corrected chi connectivity index (χ3v) is 4.79. The number of azide groups is 1. The molecule has 0 saturated carbocycles. The Bertz CT molecular complexity index is 492. The summed E-state index contributed by atoms with van der Waals surface area (Å²) < 4.78 is 26.2. The molecule has 88 valence electrons. The third kappa shape index (κ3) is 3.99. The molecule has 0 unspecified atom stereocenters. The maximum absolute atomic E-state index is 11.6. The van der Waals surface area contributed by atoms with Crippen LogP contribution in [0.5, 0.6) is 0 Å². The highest BCUT2D eigenvalue weighted by molar-refractivity contribution is 7.91. The van der Waals surface area contributed by atoms with Crippen LogP contribution < -0.4 is 4.72 Å². The number of hydrogen-bond acceptors (Lipinski definition) is 4. The van der Waals surface area contributed by atoms with Crippen LogP contribution in [-0.2, 0) is 10.0 Å². The van der Waals surface area contributed by atoms with Gasteiger partial charge in [0, 0.05) is 18.0 Å². The molecule has 0 aromatic carbocycles. The summed E-state index contributed by atoms with van der Waals surface area (Å²) in [6.45, 7) is 0.501. The van der Waals surface area contributed by atoms with Crippen molar-refractivity contribution in [1.29, 1.82) is 0 Å². The Kier molecular flexibility index (Phi) is 5.04. The van der Waals surface area contributed by atoms with Gasteiger partial charge in [-0.2, -0.15) is 0 Å². The smallest absolute Gasteiger partial charge is 0.210 e. The minimum atomic E-state index is -3.48. The molecule has 1 heterocycles. The normalized spacial score (nSPS) is 11.1. The quantitative estimate of drug-likeness (QED) is 0.375. The fraction of sp³-hybridized carbons (Fsp3) is 0.429. The summed E-state index contributed by atoms with van der Waals surface area (Å²) in [5.74, 6) is 0. The van der Waals surface area contributed by atoms with Crippen molar-refractivity contribution < 1.29 is 8.42 Å². The monoisotopic (exact) mass is 280 g/mol. The molecule has 0 spiro atoms. The third-order valence-electron chi connectivity index (χ3n) is 1.60. The molecule has 0 aliphatic heterocycles. The molecule has 1 N–H and O–H groups in total. The van der Waals surface area contributed by atoms with Crippen molar-refractivity contribution in [3.8, 4) is 0 Å². The maximum Gasteiger partial charge on any atom is 0.250 e. The largest absolute Gasteiger partial charge is 0.250 e. The Morgan fingerprint density at radius 1 is 1.56 bits per heavy atom. The van der Waals surface area contributed by atoms with E-state index in [1.54, 1.807) is 0 Å². The van der Waals surface area contributed by atoms with E-state index in [0.29, 0.717) is 10.8 Å². The zero-order valence-electron chi connectivity index (χ0n) is 8.13. The first kappa shape index (κ1) is 13.3. The fourth-order valence-electron chi connectivity index (χ4n) is 0.914. The lowest BCUT2D eigenvalue weighted by Gasteiger charge is -2.02. The van der Waals surface area contributed by atoms with E-state index in [0.717, 1.165) is 11.3 Å². The number of nitrogens with one attached hydrogen (secondary N) is 1. The van der Waals surface area contributed by atoms with Crippen LogP contribution in [0, 0.1) is 0 Å². The molecular formula is C7H9ClN4O2S2. The first-order valence-electron chi connectivity index (χ1n) is 4.32. The molecule has 0 fully saturated rings. The van der Waals surface area contributed by atoms with E-state index in [2.05, 4.69) is 14.7 Å². The van der Waals surface area contributed by atoms with E-state index in [9.17, 15) is 8.42 Å². The predicted molar refractivity (Wildman–Crippen MR) is 63.1 cm³/mol. The molecule has 0 amide bonds. The second kappa shape index (κ2) is 6.07. The lowest BCUT2D eigenvalue weighted by molar-refractivity contribution is 0.581. The number of sulfonamides is 1. The molecule has 0 aliphatic rings. The number of thiophene rings is 1. The highest BCUT2D eigenvalue weighted by atomic mass is 35.5.